The summed E-state index contributed by atoms with van der Waals surface area (Å²) in [4.78, 5) is 11.0. The normalized spacial score (nSPS) is 18.0. The highest BCUT2D eigenvalue weighted by molar-refractivity contribution is 5.71. The molecular weight excluding hydrogens is 264 g/mol. The molecule has 3 rings (SSSR count). The number of carbonyl (C=O) groups is 1. The van der Waals surface area contributed by atoms with Gasteiger partial charge >= 0.3 is 11.9 Å². The number of hydrogen-bond acceptors (Lipinski definition) is 1. The lowest BCUT2D eigenvalue weighted by molar-refractivity contribution is -0.141. The van der Waals surface area contributed by atoms with Crippen molar-refractivity contribution in [1.82, 2.24) is 4.57 Å². The number of carboxylic acid groups (broad SMARTS) is 1. The highest BCUT2D eigenvalue weighted by atomic mass is 19.3. The van der Waals surface area contributed by atoms with Gasteiger partial charge in [0.05, 0.1) is 11.6 Å². The molecule has 0 fully saturated rings. The van der Waals surface area contributed by atoms with E-state index in [0.717, 1.165) is 0 Å². The van der Waals surface area contributed by atoms with E-state index < -0.39 is 17.8 Å². The van der Waals surface area contributed by atoms with E-state index in [2.05, 4.69) is 0 Å². The second-order valence-corrected chi connectivity index (χ2v) is 5.00. The van der Waals surface area contributed by atoms with Crippen LogP contribution in [0.2, 0.25) is 0 Å². The van der Waals surface area contributed by atoms with Crippen LogP contribution >= 0.6 is 0 Å². The van der Waals surface area contributed by atoms with Crippen LogP contribution in [-0.2, 0) is 23.7 Å². The number of rotatable bonds is 3. The van der Waals surface area contributed by atoms with Crippen molar-refractivity contribution in [2.75, 3.05) is 0 Å². The first kappa shape index (κ1) is 12.8. The van der Waals surface area contributed by atoms with Crippen LogP contribution in [0.1, 0.15) is 17.0 Å². The summed E-state index contributed by atoms with van der Waals surface area (Å²) >= 11 is 0. The Morgan fingerprint density at radius 1 is 1.20 bits per heavy atom. The van der Waals surface area contributed by atoms with Crippen LogP contribution in [0.15, 0.2) is 42.5 Å². The highest BCUT2D eigenvalue weighted by Gasteiger charge is 2.40. The lowest BCUT2D eigenvalue weighted by Crippen LogP contribution is -2.22. The Morgan fingerprint density at radius 3 is 2.55 bits per heavy atom. The van der Waals surface area contributed by atoms with E-state index >= 15 is 0 Å². The molecule has 1 aliphatic heterocycles. The Morgan fingerprint density at radius 2 is 1.90 bits per heavy atom. The van der Waals surface area contributed by atoms with Gasteiger partial charge in [-0.15, -0.1) is 0 Å². The lowest BCUT2D eigenvalue weighted by atomic mass is 10.0. The number of fused-ring (bicyclic) bond motifs is 1. The Hall–Kier alpha value is -2.17. The molecule has 1 aliphatic rings. The average Bonchev–Trinajstić information content (AvgIpc) is 2.99. The van der Waals surface area contributed by atoms with Crippen molar-refractivity contribution in [3.05, 3.63) is 59.4 Å². The SMILES string of the molecule is O=C(O)C1Cc2ccc(C(F)(F)c3ccccc3)n2C1. The van der Waals surface area contributed by atoms with E-state index in [-0.39, 0.29) is 17.8 Å². The van der Waals surface area contributed by atoms with E-state index in [1.807, 2.05) is 0 Å². The van der Waals surface area contributed by atoms with Gasteiger partial charge in [0.1, 0.15) is 0 Å². The molecule has 0 spiro atoms. The molecule has 0 radical (unpaired) electrons. The molecule has 1 N–H and O–H groups in total. The summed E-state index contributed by atoms with van der Waals surface area (Å²) in [6, 6.07) is 10.6. The summed E-state index contributed by atoms with van der Waals surface area (Å²) in [6.07, 6.45) is 0.306. The monoisotopic (exact) mass is 277 g/mol. The van der Waals surface area contributed by atoms with Gasteiger partial charge in [-0.05, 0) is 12.1 Å². The topological polar surface area (TPSA) is 42.2 Å². The summed E-state index contributed by atoms with van der Waals surface area (Å²) in [5, 5.41) is 9.01. The molecular formula is C15H13F2NO2. The van der Waals surface area contributed by atoms with Gasteiger partial charge < -0.3 is 9.67 Å². The number of carboxylic acids is 1. The van der Waals surface area contributed by atoms with Gasteiger partial charge in [-0.3, -0.25) is 4.79 Å². The standard InChI is InChI=1S/C15H13F2NO2/c16-15(17,11-4-2-1-3-5-11)13-7-6-12-8-10(14(19)20)9-18(12)13/h1-7,10H,8-9H2,(H,19,20). The van der Waals surface area contributed by atoms with Crippen molar-refractivity contribution < 1.29 is 18.7 Å². The molecule has 1 atom stereocenters. The van der Waals surface area contributed by atoms with Gasteiger partial charge in [0, 0.05) is 24.2 Å². The first-order chi connectivity index (χ1) is 9.50. The number of halogens is 2. The molecule has 1 aromatic heterocycles. The van der Waals surface area contributed by atoms with Gasteiger partial charge in [0.15, 0.2) is 0 Å². The van der Waals surface area contributed by atoms with Crippen LogP contribution in [0, 0.1) is 5.92 Å². The van der Waals surface area contributed by atoms with E-state index in [1.54, 1.807) is 24.3 Å². The lowest BCUT2D eigenvalue weighted by Gasteiger charge is -2.19. The Bertz CT molecular complexity index is 649. The molecule has 3 nitrogen and oxygen atoms in total. The number of aromatic nitrogens is 1. The summed E-state index contributed by atoms with van der Waals surface area (Å²) in [7, 11) is 0. The van der Waals surface area contributed by atoms with E-state index in [9.17, 15) is 13.6 Å². The minimum Gasteiger partial charge on any atom is -0.481 e. The summed E-state index contributed by atoms with van der Waals surface area (Å²) < 4.78 is 30.5. The number of benzene rings is 1. The minimum absolute atomic E-state index is 0.0836. The van der Waals surface area contributed by atoms with Crippen molar-refractivity contribution in [1.29, 1.82) is 0 Å². The first-order valence-corrected chi connectivity index (χ1v) is 6.35. The molecule has 0 amide bonds. The van der Waals surface area contributed by atoms with Gasteiger partial charge in [0.25, 0.3) is 0 Å². The van der Waals surface area contributed by atoms with Crippen LogP contribution in [0.3, 0.4) is 0 Å². The van der Waals surface area contributed by atoms with Crippen LogP contribution in [-0.4, -0.2) is 15.6 Å². The highest BCUT2D eigenvalue weighted by Crippen LogP contribution is 2.38. The Kier molecular flexibility index (Phi) is 2.85. The molecule has 1 unspecified atom stereocenters. The van der Waals surface area contributed by atoms with E-state index in [4.69, 9.17) is 5.11 Å². The fraction of sp³-hybridized carbons (Fsp3) is 0.267. The maximum Gasteiger partial charge on any atom is 0.312 e. The fourth-order valence-electron chi connectivity index (χ4n) is 2.68. The zero-order valence-corrected chi connectivity index (χ0v) is 10.6. The molecule has 2 heterocycles. The minimum atomic E-state index is -3.12. The predicted molar refractivity (Wildman–Crippen MR) is 68.7 cm³/mol. The van der Waals surface area contributed by atoms with Crippen molar-refractivity contribution >= 4 is 5.97 Å². The summed E-state index contributed by atoms with van der Waals surface area (Å²) in [6.45, 7) is 0.107. The van der Waals surface area contributed by atoms with Crippen molar-refractivity contribution in [3.63, 3.8) is 0 Å². The molecule has 0 bridgehead atoms. The van der Waals surface area contributed by atoms with Crippen LogP contribution in [0.25, 0.3) is 0 Å². The van der Waals surface area contributed by atoms with Crippen molar-refractivity contribution in [3.8, 4) is 0 Å². The molecule has 5 heteroatoms. The third kappa shape index (κ3) is 1.90. The zero-order valence-electron chi connectivity index (χ0n) is 10.6. The molecule has 1 aromatic carbocycles. The number of hydrogen-bond donors (Lipinski definition) is 1. The second kappa shape index (κ2) is 4.44. The number of aliphatic carboxylic acids is 1. The molecule has 0 saturated carbocycles. The van der Waals surface area contributed by atoms with Gasteiger partial charge in [-0.25, -0.2) is 0 Å². The van der Waals surface area contributed by atoms with Crippen molar-refractivity contribution in [2.45, 2.75) is 18.9 Å². The summed E-state index contributed by atoms with van der Waals surface area (Å²) in [5.41, 5.74) is 0.435. The number of alkyl halides is 2. The maximum atomic E-state index is 14.5. The van der Waals surface area contributed by atoms with E-state index in [0.29, 0.717) is 12.1 Å². The van der Waals surface area contributed by atoms with Gasteiger partial charge in [-0.2, -0.15) is 8.78 Å². The number of nitrogens with zero attached hydrogens (tertiary/aromatic N) is 1. The quantitative estimate of drug-likeness (QED) is 0.937. The maximum absolute atomic E-state index is 14.5. The largest absolute Gasteiger partial charge is 0.481 e. The molecule has 2 aromatic rings. The molecule has 0 aliphatic carbocycles. The first-order valence-electron chi connectivity index (χ1n) is 6.35. The fourth-order valence-corrected chi connectivity index (χ4v) is 2.68. The zero-order chi connectivity index (χ0) is 14.3. The molecule has 104 valence electrons. The van der Waals surface area contributed by atoms with Crippen molar-refractivity contribution in [2.24, 2.45) is 5.92 Å². The van der Waals surface area contributed by atoms with Gasteiger partial charge in [-0.1, -0.05) is 30.3 Å². The van der Waals surface area contributed by atoms with Crippen LogP contribution in [0.5, 0.6) is 0 Å². The average molecular weight is 277 g/mol. The predicted octanol–water partition coefficient (Wildman–Crippen LogP) is 2.89. The Labute approximate surface area is 114 Å². The van der Waals surface area contributed by atoms with Crippen LogP contribution < -0.4 is 0 Å². The third-order valence-electron chi connectivity index (χ3n) is 3.74. The Balaban J connectivity index is 2.00. The third-order valence-corrected chi connectivity index (χ3v) is 3.74. The van der Waals surface area contributed by atoms with Crippen LogP contribution in [0.4, 0.5) is 8.78 Å². The smallest absolute Gasteiger partial charge is 0.312 e. The van der Waals surface area contributed by atoms with Gasteiger partial charge in [0.2, 0.25) is 0 Å². The summed E-state index contributed by atoms with van der Waals surface area (Å²) in [5.74, 6) is -4.67. The molecule has 20 heavy (non-hydrogen) atoms. The second-order valence-electron chi connectivity index (χ2n) is 5.00. The van der Waals surface area contributed by atoms with E-state index in [1.165, 1.54) is 22.8 Å². The molecule has 0 saturated heterocycles.